The number of hydrogen-bond acceptors (Lipinski definition) is 7. The minimum atomic E-state index is -0.649. The molecule has 3 rings (SSSR count). The number of nitrogens with one attached hydrogen (secondary N) is 1. The Morgan fingerprint density at radius 1 is 1.23 bits per heavy atom. The standard InChI is InChI=1S/C23H20N2O5S/c1-3-28-23(27)19-10-11-31-22(19)25-21(26)16(13-24)12-17-8-9-18(30-17)14-29-20-7-5-4-6-15(20)2/h4-12H,3,14H2,1-2H3,(H,25,26)/b16-12+. The summed E-state index contributed by atoms with van der Waals surface area (Å²) < 4.78 is 16.4. The Hall–Kier alpha value is -3.83. The van der Waals surface area contributed by atoms with Gasteiger partial charge in [0.2, 0.25) is 0 Å². The lowest BCUT2D eigenvalue weighted by Gasteiger charge is -2.06. The summed E-state index contributed by atoms with van der Waals surface area (Å²) >= 11 is 1.17. The third-order valence-corrected chi connectivity index (χ3v) is 5.02. The second kappa shape index (κ2) is 10.3. The molecule has 0 aliphatic rings. The monoisotopic (exact) mass is 436 g/mol. The van der Waals surface area contributed by atoms with Crippen LogP contribution in [0.2, 0.25) is 0 Å². The summed E-state index contributed by atoms with van der Waals surface area (Å²) in [4.78, 5) is 24.5. The Morgan fingerprint density at radius 3 is 2.77 bits per heavy atom. The molecule has 7 nitrogen and oxygen atoms in total. The second-order valence-corrected chi connectivity index (χ2v) is 7.28. The Bertz CT molecular complexity index is 1150. The van der Waals surface area contributed by atoms with Crippen LogP contribution in [-0.4, -0.2) is 18.5 Å². The van der Waals surface area contributed by atoms with Crippen LogP contribution in [0.3, 0.4) is 0 Å². The highest BCUT2D eigenvalue weighted by molar-refractivity contribution is 7.14. The molecule has 0 bridgehead atoms. The van der Waals surface area contributed by atoms with E-state index in [9.17, 15) is 14.9 Å². The van der Waals surface area contributed by atoms with Gasteiger partial charge in [0, 0.05) is 6.08 Å². The van der Waals surface area contributed by atoms with Gasteiger partial charge in [0.25, 0.3) is 5.91 Å². The number of hydrogen-bond donors (Lipinski definition) is 1. The van der Waals surface area contributed by atoms with E-state index in [0.29, 0.717) is 16.5 Å². The fourth-order valence-corrected chi connectivity index (χ4v) is 3.42. The molecule has 0 radical (unpaired) electrons. The van der Waals surface area contributed by atoms with Crippen molar-refractivity contribution in [3.8, 4) is 11.8 Å². The minimum absolute atomic E-state index is 0.163. The van der Waals surface area contributed by atoms with Gasteiger partial charge < -0.3 is 19.2 Å². The summed E-state index contributed by atoms with van der Waals surface area (Å²) in [5, 5.41) is 14.0. The van der Waals surface area contributed by atoms with Gasteiger partial charge in [0.1, 0.15) is 40.5 Å². The van der Waals surface area contributed by atoms with Crippen LogP contribution in [0.1, 0.15) is 34.4 Å². The van der Waals surface area contributed by atoms with E-state index < -0.39 is 11.9 Å². The Morgan fingerprint density at radius 2 is 2.03 bits per heavy atom. The molecule has 0 saturated carbocycles. The predicted molar refractivity (Wildman–Crippen MR) is 117 cm³/mol. The van der Waals surface area contributed by atoms with Gasteiger partial charge in [0.15, 0.2) is 0 Å². The van der Waals surface area contributed by atoms with E-state index in [-0.39, 0.29) is 24.4 Å². The largest absolute Gasteiger partial charge is 0.485 e. The van der Waals surface area contributed by atoms with Crippen molar-refractivity contribution >= 4 is 34.3 Å². The molecular weight excluding hydrogens is 416 g/mol. The van der Waals surface area contributed by atoms with Crippen LogP contribution in [0.15, 0.2) is 57.8 Å². The maximum absolute atomic E-state index is 12.5. The zero-order chi connectivity index (χ0) is 22.2. The lowest BCUT2D eigenvalue weighted by molar-refractivity contribution is -0.112. The van der Waals surface area contributed by atoms with Crippen LogP contribution in [0, 0.1) is 18.3 Å². The zero-order valence-corrected chi connectivity index (χ0v) is 17.8. The predicted octanol–water partition coefficient (Wildman–Crippen LogP) is 4.95. The Balaban J connectivity index is 1.67. The van der Waals surface area contributed by atoms with Crippen molar-refractivity contribution in [3.63, 3.8) is 0 Å². The van der Waals surface area contributed by atoms with Crippen molar-refractivity contribution in [1.82, 2.24) is 0 Å². The molecule has 8 heteroatoms. The molecule has 1 amide bonds. The lowest BCUT2D eigenvalue weighted by atomic mass is 10.2. The van der Waals surface area contributed by atoms with Crippen molar-refractivity contribution in [3.05, 3.63) is 76.1 Å². The second-order valence-electron chi connectivity index (χ2n) is 6.37. The van der Waals surface area contributed by atoms with E-state index in [2.05, 4.69) is 5.32 Å². The molecule has 2 heterocycles. The molecule has 0 unspecified atom stereocenters. The van der Waals surface area contributed by atoms with Crippen LogP contribution in [0.25, 0.3) is 6.08 Å². The molecule has 1 aromatic carbocycles. The molecule has 0 aliphatic carbocycles. The first-order valence-electron chi connectivity index (χ1n) is 9.46. The molecule has 0 atom stereocenters. The fourth-order valence-electron chi connectivity index (χ4n) is 2.65. The average molecular weight is 436 g/mol. The van der Waals surface area contributed by atoms with Crippen molar-refractivity contribution in [2.75, 3.05) is 11.9 Å². The van der Waals surface area contributed by atoms with E-state index >= 15 is 0 Å². The van der Waals surface area contributed by atoms with Gasteiger partial charge in [-0.1, -0.05) is 18.2 Å². The molecule has 2 aromatic heterocycles. The van der Waals surface area contributed by atoms with Crippen molar-refractivity contribution in [1.29, 1.82) is 5.26 Å². The molecule has 0 aliphatic heterocycles. The zero-order valence-electron chi connectivity index (χ0n) is 17.0. The van der Waals surface area contributed by atoms with Gasteiger partial charge >= 0.3 is 5.97 Å². The van der Waals surface area contributed by atoms with Gasteiger partial charge in [-0.2, -0.15) is 5.26 Å². The minimum Gasteiger partial charge on any atom is -0.485 e. The first-order valence-corrected chi connectivity index (χ1v) is 10.3. The number of carbonyl (C=O) groups is 2. The number of amides is 1. The number of thiophene rings is 1. The summed E-state index contributed by atoms with van der Waals surface area (Å²) in [6.07, 6.45) is 1.34. The molecule has 1 N–H and O–H groups in total. The molecule has 158 valence electrons. The third-order valence-electron chi connectivity index (χ3n) is 4.19. The maximum Gasteiger partial charge on any atom is 0.341 e. The van der Waals surface area contributed by atoms with E-state index in [1.54, 1.807) is 30.5 Å². The molecule has 0 saturated heterocycles. The van der Waals surface area contributed by atoms with Gasteiger partial charge in [0.05, 0.1) is 12.2 Å². The van der Waals surface area contributed by atoms with Crippen LogP contribution < -0.4 is 10.1 Å². The number of nitrogens with zero attached hydrogens (tertiary/aromatic N) is 1. The number of anilines is 1. The van der Waals surface area contributed by atoms with E-state index in [1.807, 2.05) is 37.3 Å². The quantitative estimate of drug-likeness (QED) is 0.304. The van der Waals surface area contributed by atoms with Gasteiger partial charge in [-0.3, -0.25) is 4.79 Å². The van der Waals surface area contributed by atoms with E-state index in [0.717, 1.165) is 11.3 Å². The van der Waals surface area contributed by atoms with E-state index in [4.69, 9.17) is 13.9 Å². The summed E-state index contributed by atoms with van der Waals surface area (Å²) in [6, 6.07) is 14.4. The van der Waals surface area contributed by atoms with Crippen LogP contribution in [0.4, 0.5) is 5.00 Å². The number of carbonyl (C=O) groups excluding carboxylic acids is 2. The fraction of sp³-hybridized carbons (Fsp3) is 0.174. The Kier molecular flexibility index (Phi) is 7.25. The Labute approximate surface area is 183 Å². The third kappa shape index (κ3) is 5.62. The first kappa shape index (κ1) is 21.9. The van der Waals surface area contributed by atoms with Crippen molar-refractivity contribution in [2.24, 2.45) is 0 Å². The number of para-hydroxylation sites is 1. The number of esters is 1. The molecule has 3 aromatic rings. The van der Waals surface area contributed by atoms with Crippen molar-refractivity contribution < 1.29 is 23.5 Å². The normalized spacial score (nSPS) is 10.9. The summed E-state index contributed by atoms with van der Waals surface area (Å²) in [6.45, 7) is 4.08. The van der Waals surface area contributed by atoms with Crippen LogP contribution >= 0.6 is 11.3 Å². The maximum atomic E-state index is 12.5. The topological polar surface area (TPSA) is 102 Å². The van der Waals surface area contributed by atoms with Gasteiger partial charge in [-0.05, 0) is 49.1 Å². The highest BCUT2D eigenvalue weighted by Gasteiger charge is 2.18. The molecule has 0 fully saturated rings. The highest BCUT2D eigenvalue weighted by atomic mass is 32.1. The SMILES string of the molecule is CCOC(=O)c1ccsc1NC(=O)/C(C#N)=C/c1ccc(COc2ccccc2C)o1. The summed E-state index contributed by atoms with van der Waals surface area (Å²) in [5.41, 5.74) is 1.09. The molecule has 0 spiro atoms. The van der Waals surface area contributed by atoms with Crippen LogP contribution in [-0.2, 0) is 16.1 Å². The number of aryl methyl sites for hydroxylation is 1. The number of furan rings is 1. The number of nitriles is 1. The molecule has 31 heavy (non-hydrogen) atoms. The van der Waals surface area contributed by atoms with Crippen LogP contribution in [0.5, 0.6) is 5.75 Å². The summed E-state index contributed by atoms with van der Waals surface area (Å²) in [7, 11) is 0. The average Bonchev–Trinajstić information content (AvgIpc) is 3.41. The van der Waals surface area contributed by atoms with Crippen molar-refractivity contribution in [2.45, 2.75) is 20.5 Å². The van der Waals surface area contributed by atoms with Gasteiger partial charge in [-0.15, -0.1) is 11.3 Å². The number of rotatable bonds is 8. The highest BCUT2D eigenvalue weighted by Crippen LogP contribution is 2.25. The first-order chi connectivity index (χ1) is 15.0. The van der Waals surface area contributed by atoms with Gasteiger partial charge in [-0.25, -0.2) is 4.79 Å². The summed E-state index contributed by atoms with van der Waals surface area (Å²) in [5.74, 6) is 0.457. The molecular formula is C23H20N2O5S. The van der Waals surface area contributed by atoms with E-state index in [1.165, 1.54) is 17.4 Å². The number of benzene rings is 1. The smallest absolute Gasteiger partial charge is 0.341 e. The lowest BCUT2D eigenvalue weighted by Crippen LogP contribution is -2.15. The number of ether oxygens (including phenoxy) is 2.